The quantitative estimate of drug-likeness (QED) is 0.616. The van der Waals surface area contributed by atoms with E-state index in [0.717, 1.165) is 23.2 Å². The highest BCUT2D eigenvalue weighted by Crippen LogP contribution is 2.18. The van der Waals surface area contributed by atoms with Crippen molar-refractivity contribution in [1.82, 2.24) is 15.2 Å². The molecule has 0 bridgehead atoms. The lowest BCUT2D eigenvalue weighted by Gasteiger charge is -2.00. The summed E-state index contributed by atoms with van der Waals surface area (Å²) in [6, 6.07) is 10.1. The zero-order valence-corrected chi connectivity index (χ0v) is 11.3. The van der Waals surface area contributed by atoms with E-state index in [9.17, 15) is 0 Å². The third-order valence-corrected chi connectivity index (χ3v) is 3.15. The number of anilines is 2. The molecular weight excluding hydrogens is 268 g/mol. The predicted octanol–water partition coefficient (Wildman–Crippen LogP) is 2.05. The first-order valence-corrected chi connectivity index (χ1v) is 6.60. The average molecular weight is 282 g/mol. The van der Waals surface area contributed by atoms with Gasteiger partial charge in [-0.05, 0) is 25.0 Å². The van der Waals surface area contributed by atoms with Gasteiger partial charge in [-0.2, -0.15) is 15.3 Å². The summed E-state index contributed by atoms with van der Waals surface area (Å²) < 4.78 is 5.55. The summed E-state index contributed by atoms with van der Waals surface area (Å²) >= 11 is 0. The van der Waals surface area contributed by atoms with Gasteiger partial charge in [-0.15, -0.1) is 0 Å². The van der Waals surface area contributed by atoms with Crippen molar-refractivity contribution in [3.05, 3.63) is 35.5 Å². The van der Waals surface area contributed by atoms with E-state index in [-0.39, 0.29) is 5.82 Å². The van der Waals surface area contributed by atoms with Crippen LogP contribution in [0.25, 0.3) is 11.1 Å². The molecule has 0 radical (unpaired) electrons. The number of nitrogens with two attached hydrogens (primary N) is 1. The summed E-state index contributed by atoms with van der Waals surface area (Å²) in [4.78, 5) is 4.32. The number of rotatable bonds is 5. The van der Waals surface area contributed by atoms with Crippen LogP contribution in [-0.4, -0.2) is 21.7 Å². The first-order chi connectivity index (χ1) is 10.3. The molecule has 3 rings (SSSR count). The van der Waals surface area contributed by atoms with Crippen molar-refractivity contribution in [2.24, 2.45) is 0 Å². The highest BCUT2D eigenvalue weighted by Gasteiger charge is 2.09. The SMILES string of the molecule is N#Cc1c(N)n[nH]c1CCCNc1nc2ccccc2o1. The number of fused-ring (bicyclic) bond motifs is 1. The molecule has 7 nitrogen and oxygen atoms in total. The number of nitriles is 1. The Hall–Kier alpha value is -3.01. The van der Waals surface area contributed by atoms with Crippen molar-refractivity contribution in [1.29, 1.82) is 5.26 Å². The Bertz CT molecular complexity index is 764. The predicted molar refractivity (Wildman–Crippen MR) is 78.5 cm³/mol. The fraction of sp³-hybridized carbons (Fsp3) is 0.214. The molecule has 4 N–H and O–H groups in total. The summed E-state index contributed by atoms with van der Waals surface area (Å²) in [6.07, 6.45) is 1.48. The van der Waals surface area contributed by atoms with Crippen molar-refractivity contribution in [3.63, 3.8) is 0 Å². The zero-order valence-electron chi connectivity index (χ0n) is 11.3. The molecule has 2 aromatic heterocycles. The lowest BCUT2D eigenvalue weighted by atomic mass is 10.1. The number of oxazole rings is 1. The maximum Gasteiger partial charge on any atom is 0.295 e. The van der Waals surface area contributed by atoms with Gasteiger partial charge in [0.15, 0.2) is 11.4 Å². The minimum atomic E-state index is 0.249. The van der Waals surface area contributed by atoms with Gasteiger partial charge in [-0.25, -0.2) is 0 Å². The molecule has 0 aliphatic rings. The first kappa shape index (κ1) is 13.0. The van der Waals surface area contributed by atoms with Gasteiger partial charge in [0.1, 0.15) is 17.1 Å². The summed E-state index contributed by atoms with van der Waals surface area (Å²) in [6.45, 7) is 0.677. The lowest BCUT2D eigenvalue weighted by Crippen LogP contribution is -2.04. The van der Waals surface area contributed by atoms with E-state index < -0.39 is 0 Å². The van der Waals surface area contributed by atoms with Crippen molar-refractivity contribution in [3.8, 4) is 6.07 Å². The number of H-pyrrole nitrogens is 1. The normalized spacial score (nSPS) is 10.6. The van der Waals surface area contributed by atoms with Gasteiger partial charge >= 0.3 is 0 Å². The van der Waals surface area contributed by atoms with Crippen molar-refractivity contribution in [2.45, 2.75) is 12.8 Å². The van der Waals surface area contributed by atoms with E-state index in [4.69, 9.17) is 15.4 Å². The first-order valence-electron chi connectivity index (χ1n) is 6.60. The Morgan fingerprint density at radius 1 is 1.38 bits per heavy atom. The maximum atomic E-state index is 8.97. The molecule has 0 atom stereocenters. The Morgan fingerprint density at radius 3 is 3.05 bits per heavy atom. The highest BCUT2D eigenvalue weighted by atomic mass is 16.4. The Balaban J connectivity index is 1.55. The second-order valence-electron chi connectivity index (χ2n) is 4.59. The van der Waals surface area contributed by atoms with E-state index in [1.165, 1.54) is 0 Å². The minimum absolute atomic E-state index is 0.249. The third-order valence-electron chi connectivity index (χ3n) is 3.15. The number of aromatic amines is 1. The van der Waals surface area contributed by atoms with Gasteiger partial charge in [0.25, 0.3) is 6.01 Å². The fourth-order valence-electron chi connectivity index (χ4n) is 2.11. The summed E-state index contributed by atoms with van der Waals surface area (Å²) in [7, 11) is 0. The largest absolute Gasteiger partial charge is 0.424 e. The van der Waals surface area contributed by atoms with Crippen molar-refractivity contribution < 1.29 is 4.42 Å². The molecule has 2 heterocycles. The number of nitrogens with zero attached hydrogens (tertiary/aromatic N) is 3. The number of aryl methyl sites for hydroxylation is 1. The molecule has 106 valence electrons. The number of benzene rings is 1. The second-order valence-corrected chi connectivity index (χ2v) is 4.59. The molecule has 0 fully saturated rings. The van der Waals surface area contributed by atoms with Crippen LogP contribution in [-0.2, 0) is 6.42 Å². The summed E-state index contributed by atoms with van der Waals surface area (Å²) in [5, 5.41) is 18.7. The molecule has 7 heteroatoms. The number of nitrogen functional groups attached to an aromatic ring is 1. The van der Waals surface area contributed by atoms with Gasteiger partial charge in [0.2, 0.25) is 0 Å². The summed E-state index contributed by atoms with van der Waals surface area (Å²) in [5.41, 5.74) is 8.36. The van der Waals surface area contributed by atoms with Crippen LogP contribution in [0.1, 0.15) is 17.7 Å². The van der Waals surface area contributed by atoms with E-state index >= 15 is 0 Å². The van der Waals surface area contributed by atoms with Crippen LogP contribution in [0.2, 0.25) is 0 Å². The van der Waals surface area contributed by atoms with E-state index in [0.29, 0.717) is 24.5 Å². The monoisotopic (exact) mass is 282 g/mol. The van der Waals surface area contributed by atoms with Crippen LogP contribution in [0, 0.1) is 11.3 Å². The van der Waals surface area contributed by atoms with Crippen LogP contribution >= 0.6 is 0 Å². The number of hydrogen-bond acceptors (Lipinski definition) is 6. The van der Waals surface area contributed by atoms with Gasteiger partial charge < -0.3 is 15.5 Å². The number of nitrogens with one attached hydrogen (secondary N) is 2. The minimum Gasteiger partial charge on any atom is -0.424 e. The zero-order chi connectivity index (χ0) is 14.7. The van der Waals surface area contributed by atoms with Crippen LogP contribution in [0.5, 0.6) is 0 Å². The molecule has 1 aromatic carbocycles. The molecule has 0 unspecified atom stereocenters. The maximum absolute atomic E-state index is 8.97. The van der Waals surface area contributed by atoms with Gasteiger partial charge in [0.05, 0.1) is 5.69 Å². The van der Waals surface area contributed by atoms with Gasteiger partial charge in [-0.1, -0.05) is 12.1 Å². The Morgan fingerprint density at radius 2 is 2.24 bits per heavy atom. The van der Waals surface area contributed by atoms with Crippen LogP contribution < -0.4 is 11.1 Å². The molecule has 0 saturated carbocycles. The van der Waals surface area contributed by atoms with Gasteiger partial charge in [-0.3, -0.25) is 5.10 Å². The van der Waals surface area contributed by atoms with Crippen molar-refractivity contribution in [2.75, 3.05) is 17.6 Å². The van der Waals surface area contributed by atoms with E-state index in [2.05, 4.69) is 26.6 Å². The van der Waals surface area contributed by atoms with E-state index in [1.807, 2.05) is 24.3 Å². The van der Waals surface area contributed by atoms with Crippen molar-refractivity contribution >= 4 is 22.9 Å². The lowest BCUT2D eigenvalue weighted by molar-refractivity contribution is 0.612. The topological polar surface area (TPSA) is 117 Å². The fourth-order valence-corrected chi connectivity index (χ4v) is 2.11. The smallest absolute Gasteiger partial charge is 0.295 e. The molecule has 0 aliphatic carbocycles. The van der Waals surface area contributed by atoms with Gasteiger partial charge in [0, 0.05) is 6.54 Å². The van der Waals surface area contributed by atoms with Crippen LogP contribution in [0.3, 0.4) is 0 Å². The Labute approximate surface area is 120 Å². The standard InChI is InChI=1S/C14H14N6O/c15-8-9-10(19-20-13(9)16)5-3-7-17-14-18-11-4-1-2-6-12(11)21-14/h1-2,4,6H,3,5,7H2,(H,17,18)(H3,16,19,20). The van der Waals surface area contributed by atoms with E-state index in [1.54, 1.807) is 0 Å². The number of aromatic nitrogens is 3. The molecular formula is C14H14N6O. The average Bonchev–Trinajstić information content (AvgIpc) is 3.06. The van der Waals surface area contributed by atoms with Crippen LogP contribution in [0.15, 0.2) is 28.7 Å². The summed E-state index contributed by atoms with van der Waals surface area (Å²) in [5.74, 6) is 0.249. The molecule has 0 amide bonds. The van der Waals surface area contributed by atoms with Crippen LogP contribution in [0.4, 0.5) is 11.8 Å². The number of para-hydroxylation sites is 2. The Kier molecular flexibility index (Phi) is 3.43. The molecule has 0 spiro atoms. The highest BCUT2D eigenvalue weighted by molar-refractivity contribution is 5.74. The second kappa shape index (κ2) is 5.54. The molecule has 0 saturated heterocycles. The molecule has 0 aliphatic heterocycles. The third kappa shape index (κ3) is 2.65. The molecule has 3 aromatic rings. The molecule has 21 heavy (non-hydrogen) atoms. The number of hydrogen-bond donors (Lipinski definition) is 3.